The highest BCUT2D eigenvalue weighted by atomic mass is 32.2. The maximum Gasteiger partial charge on any atom is 0.207 e. The van der Waals surface area contributed by atoms with Crippen LogP contribution >= 0.6 is 11.8 Å². The maximum absolute atomic E-state index is 5.77. The minimum Gasteiger partial charge on any atom is -0.347 e. The first-order valence-corrected chi connectivity index (χ1v) is 8.38. The predicted octanol–water partition coefficient (Wildman–Crippen LogP) is 2.76. The lowest BCUT2D eigenvalue weighted by Crippen LogP contribution is -2.31. The Kier molecular flexibility index (Phi) is 3.24. The van der Waals surface area contributed by atoms with Crippen molar-refractivity contribution in [2.75, 3.05) is 19.5 Å². The van der Waals surface area contributed by atoms with E-state index in [2.05, 4.69) is 28.3 Å². The second kappa shape index (κ2) is 5.12. The zero-order chi connectivity index (χ0) is 14.3. The molecule has 6 heteroatoms. The Hall–Kier alpha value is -1.37. The molecule has 1 saturated heterocycles. The van der Waals surface area contributed by atoms with Crippen molar-refractivity contribution in [1.82, 2.24) is 14.6 Å². The Labute approximate surface area is 127 Å². The van der Waals surface area contributed by atoms with Crippen LogP contribution in [0.4, 0.5) is 0 Å². The number of ether oxygens (including phenoxy) is 2. The third-order valence-corrected chi connectivity index (χ3v) is 4.69. The Morgan fingerprint density at radius 2 is 2.14 bits per heavy atom. The molecule has 3 heterocycles. The van der Waals surface area contributed by atoms with Gasteiger partial charge >= 0.3 is 0 Å². The van der Waals surface area contributed by atoms with Crippen LogP contribution < -0.4 is 0 Å². The van der Waals surface area contributed by atoms with Gasteiger partial charge in [-0.05, 0) is 30.4 Å². The molecule has 2 aromatic rings. The summed E-state index contributed by atoms with van der Waals surface area (Å²) < 4.78 is 13.5. The van der Waals surface area contributed by atoms with Crippen molar-refractivity contribution in [3.05, 3.63) is 30.1 Å². The van der Waals surface area contributed by atoms with Crippen molar-refractivity contribution in [3.8, 4) is 0 Å². The van der Waals surface area contributed by atoms with E-state index in [-0.39, 0.29) is 5.79 Å². The second-order valence-electron chi connectivity index (χ2n) is 5.34. The quantitative estimate of drug-likeness (QED) is 0.798. The minimum atomic E-state index is -0.365. The fraction of sp³-hybridized carbons (Fsp3) is 0.467. The van der Waals surface area contributed by atoms with Crippen LogP contribution in [0.5, 0.6) is 0 Å². The van der Waals surface area contributed by atoms with Gasteiger partial charge in [0, 0.05) is 12.8 Å². The van der Waals surface area contributed by atoms with Crippen LogP contribution in [0.1, 0.15) is 25.0 Å². The van der Waals surface area contributed by atoms with Gasteiger partial charge in [0.2, 0.25) is 5.16 Å². The molecule has 21 heavy (non-hydrogen) atoms. The second-order valence-corrected chi connectivity index (χ2v) is 6.11. The van der Waals surface area contributed by atoms with Crippen molar-refractivity contribution < 1.29 is 9.47 Å². The predicted molar refractivity (Wildman–Crippen MR) is 81.2 cm³/mol. The molecule has 2 aromatic heterocycles. The van der Waals surface area contributed by atoms with E-state index < -0.39 is 0 Å². The van der Waals surface area contributed by atoms with Gasteiger partial charge in [-0.2, -0.15) is 0 Å². The molecule has 0 bridgehead atoms. The SMILES string of the molecule is CSc1ncc2ccc(C3=CCC4(CC3)OCCO4)n2n1. The van der Waals surface area contributed by atoms with E-state index in [1.807, 2.05) is 17.0 Å². The highest BCUT2D eigenvalue weighted by Gasteiger charge is 2.38. The Morgan fingerprint density at radius 3 is 2.86 bits per heavy atom. The number of allylic oxidation sites excluding steroid dienone is 1. The van der Waals surface area contributed by atoms with Crippen LogP contribution in [0.15, 0.2) is 29.6 Å². The van der Waals surface area contributed by atoms with Crippen LogP contribution in [0.25, 0.3) is 11.1 Å². The highest BCUT2D eigenvalue weighted by molar-refractivity contribution is 7.98. The molecule has 4 rings (SSSR count). The van der Waals surface area contributed by atoms with Crippen LogP contribution in [0.2, 0.25) is 0 Å². The normalized spacial score (nSPS) is 21.1. The Bertz CT molecular complexity index is 704. The number of fused-ring (bicyclic) bond motifs is 1. The van der Waals surface area contributed by atoms with Gasteiger partial charge in [-0.15, -0.1) is 5.10 Å². The lowest BCUT2D eigenvalue weighted by molar-refractivity contribution is -0.159. The summed E-state index contributed by atoms with van der Waals surface area (Å²) in [6.45, 7) is 1.42. The van der Waals surface area contributed by atoms with Crippen molar-refractivity contribution in [3.63, 3.8) is 0 Å². The molecule has 1 aliphatic carbocycles. The van der Waals surface area contributed by atoms with E-state index >= 15 is 0 Å². The van der Waals surface area contributed by atoms with Gasteiger partial charge in [0.25, 0.3) is 0 Å². The van der Waals surface area contributed by atoms with Gasteiger partial charge in [-0.1, -0.05) is 17.8 Å². The summed E-state index contributed by atoms with van der Waals surface area (Å²) in [7, 11) is 0. The Balaban J connectivity index is 1.69. The summed E-state index contributed by atoms with van der Waals surface area (Å²) in [5.74, 6) is -0.365. The van der Waals surface area contributed by atoms with Crippen molar-refractivity contribution in [1.29, 1.82) is 0 Å². The third kappa shape index (κ3) is 2.27. The first-order chi connectivity index (χ1) is 10.3. The van der Waals surface area contributed by atoms with E-state index in [4.69, 9.17) is 9.47 Å². The number of hydrogen-bond acceptors (Lipinski definition) is 5. The molecule has 0 unspecified atom stereocenters. The number of thioether (sulfide) groups is 1. The van der Waals surface area contributed by atoms with Crippen LogP contribution in [0.3, 0.4) is 0 Å². The summed E-state index contributed by atoms with van der Waals surface area (Å²) >= 11 is 1.56. The highest BCUT2D eigenvalue weighted by Crippen LogP contribution is 2.38. The number of hydrogen-bond donors (Lipinski definition) is 0. The molecule has 1 fully saturated rings. The summed E-state index contributed by atoms with van der Waals surface area (Å²) in [6.07, 6.45) is 8.77. The lowest BCUT2D eigenvalue weighted by atomic mass is 9.92. The van der Waals surface area contributed by atoms with Crippen LogP contribution in [0, 0.1) is 0 Å². The fourth-order valence-electron chi connectivity index (χ4n) is 3.02. The number of nitrogens with zero attached hydrogens (tertiary/aromatic N) is 3. The van der Waals surface area contributed by atoms with E-state index in [1.165, 1.54) is 5.57 Å². The minimum absolute atomic E-state index is 0.365. The average molecular weight is 303 g/mol. The monoisotopic (exact) mass is 303 g/mol. The van der Waals surface area contributed by atoms with Gasteiger partial charge in [-0.3, -0.25) is 0 Å². The molecule has 0 radical (unpaired) electrons. The van der Waals surface area contributed by atoms with E-state index in [0.717, 1.165) is 35.6 Å². The molecule has 0 saturated carbocycles. The van der Waals surface area contributed by atoms with Crippen LogP contribution in [-0.2, 0) is 9.47 Å². The molecular formula is C15H17N3O2S. The fourth-order valence-corrected chi connectivity index (χ4v) is 3.34. The molecule has 0 amide bonds. The van der Waals surface area contributed by atoms with E-state index in [9.17, 15) is 0 Å². The van der Waals surface area contributed by atoms with Gasteiger partial charge < -0.3 is 9.47 Å². The largest absolute Gasteiger partial charge is 0.347 e. The zero-order valence-electron chi connectivity index (χ0n) is 11.9. The lowest BCUT2D eigenvalue weighted by Gasteiger charge is -2.30. The summed E-state index contributed by atoms with van der Waals surface area (Å²) in [5, 5.41) is 5.37. The molecule has 0 aromatic carbocycles. The molecule has 0 N–H and O–H groups in total. The Morgan fingerprint density at radius 1 is 1.29 bits per heavy atom. The van der Waals surface area contributed by atoms with Crippen molar-refractivity contribution >= 4 is 22.9 Å². The molecule has 0 atom stereocenters. The first kappa shape index (κ1) is 13.3. The summed E-state index contributed by atoms with van der Waals surface area (Å²) in [5.41, 5.74) is 3.48. The first-order valence-electron chi connectivity index (χ1n) is 7.16. The summed E-state index contributed by atoms with van der Waals surface area (Å²) in [4.78, 5) is 4.31. The van der Waals surface area contributed by atoms with Gasteiger partial charge in [0.1, 0.15) is 0 Å². The van der Waals surface area contributed by atoms with E-state index in [1.54, 1.807) is 11.8 Å². The molecule has 1 spiro atoms. The average Bonchev–Trinajstić information content (AvgIpc) is 3.15. The van der Waals surface area contributed by atoms with Crippen molar-refractivity contribution in [2.45, 2.75) is 30.2 Å². The smallest absolute Gasteiger partial charge is 0.207 e. The van der Waals surface area contributed by atoms with Crippen molar-refractivity contribution in [2.24, 2.45) is 0 Å². The molecular weight excluding hydrogens is 286 g/mol. The summed E-state index contributed by atoms with van der Waals surface area (Å²) in [6, 6.07) is 4.18. The van der Waals surface area contributed by atoms with Gasteiger partial charge in [0.05, 0.1) is 30.6 Å². The topological polar surface area (TPSA) is 48.7 Å². The van der Waals surface area contributed by atoms with Gasteiger partial charge in [-0.25, -0.2) is 9.50 Å². The molecule has 110 valence electrons. The molecule has 2 aliphatic rings. The van der Waals surface area contributed by atoms with Gasteiger partial charge in [0.15, 0.2) is 5.79 Å². The molecule has 1 aliphatic heterocycles. The molecule has 5 nitrogen and oxygen atoms in total. The van der Waals surface area contributed by atoms with Crippen LogP contribution in [-0.4, -0.2) is 39.9 Å². The number of aromatic nitrogens is 3. The third-order valence-electron chi connectivity index (χ3n) is 4.14. The van der Waals surface area contributed by atoms with E-state index in [0.29, 0.717) is 13.2 Å². The zero-order valence-corrected chi connectivity index (χ0v) is 12.7. The number of rotatable bonds is 2. The maximum atomic E-state index is 5.77. The standard InChI is InChI=1S/C15H17N3O2S/c1-21-14-16-10-12-2-3-13(18(12)17-14)11-4-6-15(7-5-11)19-8-9-20-15/h2-4,10H,5-9H2,1H3.